The van der Waals surface area contributed by atoms with Crippen molar-refractivity contribution in [2.24, 2.45) is 5.92 Å². The van der Waals surface area contributed by atoms with Gasteiger partial charge in [0.25, 0.3) is 0 Å². The van der Waals surface area contributed by atoms with Gasteiger partial charge in [-0.05, 0) is 51.3 Å². The summed E-state index contributed by atoms with van der Waals surface area (Å²) in [6.07, 6.45) is -4.43. The third kappa shape index (κ3) is 5.23. The van der Waals surface area contributed by atoms with Crippen molar-refractivity contribution >= 4 is 31.9 Å². The van der Waals surface area contributed by atoms with Crippen LogP contribution < -0.4 is 0 Å². The molecule has 5 nitrogen and oxygen atoms in total. The smallest absolute Gasteiger partial charge is 0.416 e. The lowest BCUT2D eigenvalue weighted by Gasteiger charge is -2.27. The highest BCUT2D eigenvalue weighted by Gasteiger charge is 2.45. The normalized spacial score (nSPS) is 22.0. The third-order valence-corrected chi connectivity index (χ3v) is 6.79. The molecule has 0 spiro atoms. The molecule has 152 valence electrons. The number of benzene rings is 1. The Kier molecular flexibility index (Phi) is 6.33. The van der Waals surface area contributed by atoms with Gasteiger partial charge in [0.15, 0.2) is 0 Å². The highest BCUT2D eigenvalue weighted by Crippen LogP contribution is 2.35. The van der Waals surface area contributed by atoms with E-state index in [1.54, 1.807) is 20.8 Å². The predicted octanol–water partition coefficient (Wildman–Crippen LogP) is 3.82. The fourth-order valence-electron chi connectivity index (χ4n) is 2.82. The summed E-state index contributed by atoms with van der Waals surface area (Å²) in [5.41, 5.74) is -1.87. The van der Waals surface area contributed by atoms with E-state index in [0.717, 1.165) is 22.5 Å². The average molecular weight is 472 g/mol. The summed E-state index contributed by atoms with van der Waals surface area (Å²) >= 11 is 3.28. The van der Waals surface area contributed by atoms with Crippen molar-refractivity contribution in [1.29, 1.82) is 0 Å². The maximum absolute atomic E-state index is 13.0. The number of esters is 1. The van der Waals surface area contributed by atoms with Crippen molar-refractivity contribution in [3.8, 4) is 0 Å². The Labute approximate surface area is 165 Å². The molecule has 1 aliphatic heterocycles. The number of nitrogens with zero attached hydrogens (tertiary/aromatic N) is 1. The van der Waals surface area contributed by atoms with Gasteiger partial charge in [0.1, 0.15) is 11.6 Å². The van der Waals surface area contributed by atoms with E-state index >= 15 is 0 Å². The lowest BCUT2D eigenvalue weighted by molar-refractivity contribution is -0.158. The molecule has 0 radical (unpaired) electrons. The number of carbonyl (C=O) groups is 1. The van der Waals surface area contributed by atoms with Gasteiger partial charge >= 0.3 is 12.1 Å². The molecule has 1 aliphatic rings. The van der Waals surface area contributed by atoms with Crippen molar-refractivity contribution in [3.63, 3.8) is 0 Å². The van der Waals surface area contributed by atoms with E-state index in [2.05, 4.69) is 15.9 Å². The summed E-state index contributed by atoms with van der Waals surface area (Å²) in [7, 11) is -4.30. The monoisotopic (exact) mass is 471 g/mol. The van der Waals surface area contributed by atoms with Crippen molar-refractivity contribution in [1.82, 2.24) is 4.31 Å². The van der Waals surface area contributed by atoms with E-state index in [9.17, 15) is 26.4 Å². The standard InChI is InChI=1S/C17H21BrF3NO4S/c1-16(2,3)26-15(23)14-7-11(9-18)10-22(14)27(24,25)13-6-4-5-12(8-13)17(19,20)21/h4-6,8,11,14H,7,9-10H2,1-3H3. The zero-order valence-corrected chi connectivity index (χ0v) is 17.5. The van der Waals surface area contributed by atoms with E-state index in [-0.39, 0.29) is 18.9 Å². The van der Waals surface area contributed by atoms with Crippen LogP contribution in [0.15, 0.2) is 29.2 Å². The number of alkyl halides is 4. The number of hydrogen-bond acceptors (Lipinski definition) is 4. The second-order valence-corrected chi connectivity index (χ2v) is 9.94. The van der Waals surface area contributed by atoms with Crippen LogP contribution in [0.5, 0.6) is 0 Å². The van der Waals surface area contributed by atoms with Gasteiger partial charge in [0.05, 0.1) is 10.5 Å². The molecule has 1 heterocycles. The highest BCUT2D eigenvalue weighted by atomic mass is 79.9. The Morgan fingerprint density at radius 2 is 1.93 bits per heavy atom. The van der Waals surface area contributed by atoms with Crippen molar-refractivity contribution in [3.05, 3.63) is 29.8 Å². The first-order chi connectivity index (χ1) is 12.3. The van der Waals surface area contributed by atoms with Crippen LogP contribution in [0.25, 0.3) is 0 Å². The van der Waals surface area contributed by atoms with E-state index in [1.807, 2.05) is 0 Å². The Bertz CT molecular complexity index is 805. The molecule has 27 heavy (non-hydrogen) atoms. The molecule has 1 aromatic carbocycles. The summed E-state index contributed by atoms with van der Waals surface area (Å²) in [6, 6.07) is 2.44. The number of sulfonamides is 1. The van der Waals surface area contributed by atoms with Crippen LogP contribution in [0.3, 0.4) is 0 Å². The van der Waals surface area contributed by atoms with Gasteiger partial charge in [-0.3, -0.25) is 4.79 Å². The van der Waals surface area contributed by atoms with E-state index in [4.69, 9.17) is 4.74 Å². The number of hydrogen-bond donors (Lipinski definition) is 0. The van der Waals surface area contributed by atoms with Gasteiger partial charge in [0, 0.05) is 11.9 Å². The minimum Gasteiger partial charge on any atom is -0.459 e. The summed E-state index contributed by atoms with van der Waals surface area (Å²) < 4.78 is 71.1. The summed E-state index contributed by atoms with van der Waals surface area (Å²) in [4.78, 5) is 12.0. The lowest BCUT2D eigenvalue weighted by atomic mass is 10.1. The van der Waals surface area contributed by atoms with Crippen LogP contribution in [-0.4, -0.2) is 42.2 Å². The molecule has 2 rings (SSSR count). The number of carbonyl (C=O) groups excluding carboxylic acids is 1. The lowest BCUT2D eigenvalue weighted by Crippen LogP contribution is -2.43. The Balaban J connectivity index is 2.41. The molecule has 0 aromatic heterocycles. The molecule has 0 saturated carbocycles. The minimum atomic E-state index is -4.67. The Hall–Kier alpha value is -1.13. The molecule has 1 fully saturated rings. The molecule has 1 saturated heterocycles. The first kappa shape index (κ1) is 22.2. The van der Waals surface area contributed by atoms with Gasteiger partial charge in [0.2, 0.25) is 10.0 Å². The largest absolute Gasteiger partial charge is 0.459 e. The number of halogens is 4. The molecule has 2 unspecified atom stereocenters. The van der Waals surface area contributed by atoms with Gasteiger partial charge in [-0.2, -0.15) is 17.5 Å². The van der Waals surface area contributed by atoms with Crippen LogP contribution >= 0.6 is 15.9 Å². The van der Waals surface area contributed by atoms with Crippen LogP contribution in [0, 0.1) is 5.92 Å². The molecule has 10 heteroatoms. The summed E-state index contributed by atoms with van der Waals surface area (Å²) in [5, 5.41) is 0.459. The zero-order chi connectivity index (χ0) is 20.6. The summed E-state index contributed by atoms with van der Waals surface area (Å²) in [5.74, 6) is -0.857. The fourth-order valence-corrected chi connectivity index (χ4v) is 5.00. The third-order valence-electron chi connectivity index (χ3n) is 4.01. The van der Waals surface area contributed by atoms with E-state index in [1.165, 1.54) is 0 Å². The minimum absolute atomic E-state index is 0.0216. The van der Waals surface area contributed by atoms with Crippen molar-refractivity contribution in [2.45, 2.75) is 49.9 Å². The van der Waals surface area contributed by atoms with E-state index in [0.29, 0.717) is 11.4 Å². The van der Waals surface area contributed by atoms with Crippen LogP contribution in [0.2, 0.25) is 0 Å². The van der Waals surface area contributed by atoms with E-state index < -0.39 is 44.3 Å². The maximum Gasteiger partial charge on any atom is 0.416 e. The highest BCUT2D eigenvalue weighted by molar-refractivity contribution is 9.09. The molecule has 1 aromatic rings. The molecule has 0 amide bonds. The molecule has 0 bridgehead atoms. The maximum atomic E-state index is 13.0. The first-order valence-electron chi connectivity index (χ1n) is 8.23. The second kappa shape index (κ2) is 7.71. The topological polar surface area (TPSA) is 63.7 Å². The van der Waals surface area contributed by atoms with Gasteiger partial charge in [-0.25, -0.2) is 8.42 Å². The van der Waals surface area contributed by atoms with Gasteiger partial charge in [-0.1, -0.05) is 22.0 Å². The van der Waals surface area contributed by atoms with Crippen LogP contribution in [0.1, 0.15) is 32.8 Å². The van der Waals surface area contributed by atoms with Crippen molar-refractivity contribution < 1.29 is 31.1 Å². The quantitative estimate of drug-likeness (QED) is 0.494. The average Bonchev–Trinajstić information content (AvgIpc) is 2.98. The molecule has 2 atom stereocenters. The number of ether oxygens (including phenoxy) is 1. The van der Waals surface area contributed by atoms with Gasteiger partial charge < -0.3 is 4.74 Å². The number of rotatable bonds is 4. The predicted molar refractivity (Wildman–Crippen MR) is 96.9 cm³/mol. The molecular formula is C17H21BrF3NO4S. The Morgan fingerprint density at radius 1 is 1.30 bits per heavy atom. The van der Waals surface area contributed by atoms with Crippen LogP contribution in [0.4, 0.5) is 13.2 Å². The van der Waals surface area contributed by atoms with Crippen molar-refractivity contribution in [2.75, 3.05) is 11.9 Å². The molecule has 0 N–H and O–H groups in total. The fraction of sp³-hybridized carbons (Fsp3) is 0.588. The summed E-state index contributed by atoms with van der Waals surface area (Å²) in [6.45, 7) is 5.00. The molecule has 0 aliphatic carbocycles. The second-order valence-electron chi connectivity index (χ2n) is 7.41. The Morgan fingerprint density at radius 3 is 2.44 bits per heavy atom. The SMILES string of the molecule is CC(C)(C)OC(=O)C1CC(CBr)CN1S(=O)(=O)c1cccc(C(F)(F)F)c1. The molecular weight excluding hydrogens is 451 g/mol. The zero-order valence-electron chi connectivity index (χ0n) is 15.1. The van der Waals surface area contributed by atoms with Gasteiger partial charge in [-0.15, -0.1) is 0 Å². The first-order valence-corrected chi connectivity index (χ1v) is 10.8. The van der Waals surface area contributed by atoms with Crippen LogP contribution in [-0.2, 0) is 25.7 Å².